The van der Waals surface area contributed by atoms with E-state index in [4.69, 9.17) is 14.5 Å². The predicted molar refractivity (Wildman–Crippen MR) is 212 cm³/mol. The number of hydrogen-bond acceptors (Lipinski definition) is 6. The minimum Gasteiger partial charge on any atom is -0.493 e. The lowest BCUT2D eigenvalue weighted by atomic mass is 10.0. The van der Waals surface area contributed by atoms with Crippen LogP contribution in [0.15, 0.2) is 176 Å². The third kappa shape index (κ3) is 7.22. The van der Waals surface area contributed by atoms with Crippen molar-refractivity contribution in [3.05, 3.63) is 193 Å². The van der Waals surface area contributed by atoms with Crippen molar-refractivity contribution in [1.29, 1.82) is 0 Å². The molecule has 0 saturated carbocycles. The van der Waals surface area contributed by atoms with Crippen LogP contribution in [0.1, 0.15) is 21.6 Å². The highest BCUT2D eigenvalue weighted by Crippen LogP contribution is 2.40. The van der Waals surface area contributed by atoms with Gasteiger partial charge in [0.25, 0.3) is 0 Å². The first-order valence-electron chi connectivity index (χ1n) is 17.5. The maximum Gasteiger partial charge on any atom is 0.185 e. The van der Waals surface area contributed by atoms with Crippen molar-refractivity contribution in [2.24, 2.45) is 0 Å². The van der Waals surface area contributed by atoms with E-state index in [0.717, 1.165) is 50.8 Å². The van der Waals surface area contributed by atoms with Crippen molar-refractivity contribution in [2.75, 3.05) is 7.11 Å². The van der Waals surface area contributed by atoms with Crippen molar-refractivity contribution in [3.63, 3.8) is 0 Å². The van der Waals surface area contributed by atoms with Gasteiger partial charge >= 0.3 is 0 Å². The average Bonchev–Trinajstić information content (AvgIpc) is 3.89. The zero-order valence-corrected chi connectivity index (χ0v) is 29.5. The molecule has 0 atom stereocenters. The lowest BCUT2D eigenvalue weighted by molar-refractivity contribution is 0.104. The Bertz CT molecular complexity index is 2530. The molecule has 0 fully saturated rings. The van der Waals surface area contributed by atoms with Gasteiger partial charge < -0.3 is 9.47 Å². The van der Waals surface area contributed by atoms with Crippen LogP contribution in [0.25, 0.3) is 51.4 Å². The van der Waals surface area contributed by atoms with E-state index in [-0.39, 0.29) is 12.4 Å². The molecule has 0 amide bonds. The number of carbonyl (C=O) groups excluding carboxylic acids is 1. The van der Waals surface area contributed by atoms with Gasteiger partial charge in [-0.05, 0) is 66.2 Å². The summed E-state index contributed by atoms with van der Waals surface area (Å²) in [6.45, 7) is 0.172. The van der Waals surface area contributed by atoms with E-state index in [1.54, 1.807) is 36.2 Å². The number of nitrogens with zero attached hydrogens (tertiary/aromatic N) is 5. The van der Waals surface area contributed by atoms with Gasteiger partial charge in [-0.1, -0.05) is 120 Å². The van der Waals surface area contributed by atoms with E-state index in [1.165, 1.54) is 0 Å². The first-order valence-corrected chi connectivity index (χ1v) is 17.5. The van der Waals surface area contributed by atoms with Crippen molar-refractivity contribution < 1.29 is 14.3 Å². The molecule has 0 saturated heterocycles. The minimum absolute atomic E-state index is 0.0737. The number of allylic oxidation sites excluding steroid dienone is 1. The molecule has 8 nitrogen and oxygen atoms in total. The van der Waals surface area contributed by atoms with Crippen LogP contribution in [0.3, 0.4) is 0 Å². The summed E-state index contributed by atoms with van der Waals surface area (Å²) < 4.78 is 16.0. The number of carbonyl (C=O) groups is 1. The van der Waals surface area contributed by atoms with E-state index in [1.807, 2.05) is 121 Å². The summed E-state index contributed by atoms with van der Waals surface area (Å²) in [5.41, 5.74) is 8.77. The summed E-state index contributed by atoms with van der Waals surface area (Å²) in [5.74, 6) is 1.82. The number of ketones is 1. The molecule has 8 heteroatoms. The summed E-state index contributed by atoms with van der Waals surface area (Å²) >= 11 is 0. The summed E-state index contributed by atoms with van der Waals surface area (Å²) in [6, 6.07) is 53.7. The maximum absolute atomic E-state index is 12.7. The number of benzene rings is 6. The van der Waals surface area contributed by atoms with Crippen molar-refractivity contribution in [2.45, 2.75) is 6.61 Å². The SMILES string of the molecule is COc1cc(-c2nc(-c3ccccc3)c(-c3ccccc3)n2-c2ccccc2)ccc1OCc1cn(-c2ccc(C(=O)C=Cc3ccccc3)cc2)nn1. The largest absolute Gasteiger partial charge is 0.493 e. The molecule has 0 N–H and O–H groups in total. The quantitative estimate of drug-likeness (QED) is 0.0930. The number of rotatable bonds is 12. The Morgan fingerprint density at radius 3 is 2.00 bits per heavy atom. The molecule has 8 rings (SSSR count). The number of hydrogen-bond donors (Lipinski definition) is 0. The highest BCUT2D eigenvalue weighted by molar-refractivity contribution is 6.06. The molecule has 2 aromatic heterocycles. The Hall–Kier alpha value is -7.32. The molecule has 6 aromatic carbocycles. The summed E-state index contributed by atoms with van der Waals surface area (Å²) in [7, 11) is 1.63. The molecule has 8 aromatic rings. The van der Waals surface area contributed by atoms with Gasteiger partial charge in [0, 0.05) is 27.9 Å². The second kappa shape index (κ2) is 15.5. The summed E-state index contributed by atoms with van der Waals surface area (Å²) in [5, 5.41) is 8.61. The van der Waals surface area contributed by atoms with Gasteiger partial charge in [0.1, 0.15) is 18.1 Å². The minimum atomic E-state index is -0.0737. The average molecular weight is 706 g/mol. The Labute approximate surface area is 313 Å². The summed E-state index contributed by atoms with van der Waals surface area (Å²) in [4.78, 5) is 18.0. The Kier molecular flexibility index (Phi) is 9.71. The molecular formula is C46H35N5O3. The zero-order chi connectivity index (χ0) is 36.7. The molecule has 0 bridgehead atoms. The number of ether oxygens (including phenoxy) is 2. The van der Waals surface area contributed by atoms with Gasteiger partial charge in [-0.15, -0.1) is 5.10 Å². The smallest absolute Gasteiger partial charge is 0.185 e. The highest BCUT2D eigenvalue weighted by Gasteiger charge is 2.23. The lowest BCUT2D eigenvalue weighted by Crippen LogP contribution is -2.01. The van der Waals surface area contributed by atoms with Crippen LogP contribution in [0.4, 0.5) is 0 Å². The molecule has 262 valence electrons. The molecule has 0 unspecified atom stereocenters. The van der Waals surface area contributed by atoms with Crippen LogP contribution in [0.5, 0.6) is 11.5 Å². The van der Waals surface area contributed by atoms with E-state index in [2.05, 4.69) is 51.3 Å². The fourth-order valence-corrected chi connectivity index (χ4v) is 6.28. The topological polar surface area (TPSA) is 84.1 Å². The Morgan fingerprint density at radius 2 is 1.31 bits per heavy atom. The first-order chi connectivity index (χ1) is 26.6. The van der Waals surface area contributed by atoms with Crippen LogP contribution in [-0.2, 0) is 6.61 Å². The van der Waals surface area contributed by atoms with Gasteiger partial charge in [0.2, 0.25) is 0 Å². The highest BCUT2D eigenvalue weighted by atomic mass is 16.5. The standard InChI is InChI=1S/C46H35N5O3/c1-53-43-30-37(46-47-44(35-16-8-3-9-17-35)45(36-18-10-4-11-19-36)51(46)40-20-12-5-13-21-40)25-29-42(43)54-32-38-31-50(49-48-38)39-26-23-34(24-27-39)41(52)28-22-33-14-6-2-7-15-33/h2-31H,32H2,1H3. The van der Waals surface area contributed by atoms with Gasteiger partial charge in [0.05, 0.1) is 30.4 Å². The lowest BCUT2D eigenvalue weighted by Gasteiger charge is -2.15. The van der Waals surface area contributed by atoms with Gasteiger partial charge in [-0.25, -0.2) is 9.67 Å². The van der Waals surface area contributed by atoms with Gasteiger partial charge in [-0.3, -0.25) is 9.36 Å². The van der Waals surface area contributed by atoms with Gasteiger partial charge in [-0.2, -0.15) is 0 Å². The number of para-hydroxylation sites is 1. The fourth-order valence-electron chi connectivity index (χ4n) is 6.28. The van der Waals surface area contributed by atoms with E-state index in [9.17, 15) is 4.79 Å². The molecule has 0 aliphatic carbocycles. The van der Waals surface area contributed by atoms with Gasteiger partial charge in [0.15, 0.2) is 17.3 Å². The molecule has 0 radical (unpaired) electrons. The summed E-state index contributed by atoms with van der Waals surface area (Å²) in [6.07, 6.45) is 5.20. The van der Waals surface area contributed by atoms with Crippen molar-refractivity contribution in [1.82, 2.24) is 24.5 Å². The number of aromatic nitrogens is 5. The van der Waals surface area contributed by atoms with Crippen LogP contribution in [0, 0.1) is 0 Å². The fraction of sp³-hybridized carbons (Fsp3) is 0.0435. The van der Waals surface area contributed by atoms with Crippen LogP contribution < -0.4 is 9.47 Å². The normalized spacial score (nSPS) is 11.1. The molecule has 54 heavy (non-hydrogen) atoms. The second-order valence-electron chi connectivity index (χ2n) is 12.5. The Morgan fingerprint density at radius 1 is 0.667 bits per heavy atom. The Balaban J connectivity index is 1.05. The molecule has 0 aliphatic rings. The van der Waals surface area contributed by atoms with E-state index < -0.39 is 0 Å². The van der Waals surface area contributed by atoms with Crippen LogP contribution in [0.2, 0.25) is 0 Å². The predicted octanol–water partition coefficient (Wildman–Crippen LogP) is 9.94. The number of imidazole rings is 1. The van der Waals surface area contributed by atoms with E-state index >= 15 is 0 Å². The number of methoxy groups -OCH3 is 1. The van der Waals surface area contributed by atoms with Crippen LogP contribution >= 0.6 is 0 Å². The third-order valence-electron chi connectivity index (χ3n) is 8.97. The zero-order valence-electron chi connectivity index (χ0n) is 29.5. The maximum atomic E-state index is 12.7. The molecular weight excluding hydrogens is 671 g/mol. The van der Waals surface area contributed by atoms with E-state index in [0.29, 0.717) is 22.8 Å². The van der Waals surface area contributed by atoms with Crippen molar-refractivity contribution >= 4 is 11.9 Å². The van der Waals surface area contributed by atoms with Crippen LogP contribution in [-0.4, -0.2) is 37.4 Å². The third-order valence-corrected chi connectivity index (χ3v) is 8.97. The second-order valence-corrected chi connectivity index (χ2v) is 12.5. The molecule has 2 heterocycles. The van der Waals surface area contributed by atoms with Crippen molar-refractivity contribution in [3.8, 4) is 56.8 Å². The molecule has 0 aliphatic heterocycles. The molecule has 0 spiro atoms. The first kappa shape index (κ1) is 33.8. The monoisotopic (exact) mass is 705 g/mol.